The summed E-state index contributed by atoms with van der Waals surface area (Å²) < 4.78 is 11.4. The zero-order chi connectivity index (χ0) is 23.4. The maximum atomic E-state index is 12.8. The number of nitrogens with zero attached hydrogens (tertiary/aromatic N) is 1. The number of hydrogen-bond donors (Lipinski definition) is 2. The SMILES string of the molecule is CN1C[C@H](C(=O)NC2CCC(NC(=O)COc3ccc(Cl)cc3)CC2)Oc2ccc(Cl)cc21. The summed E-state index contributed by atoms with van der Waals surface area (Å²) in [5, 5.41) is 7.38. The van der Waals surface area contributed by atoms with Gasteiger partial charge in [0.1, 0.15) is 11.5 Å². The summed E-state index contributed by atoms with van der Waals surface area (Å²) in [7, 11) is 1.92. The van der Waals surface area contributed by atoms with E-state index in [9.17, 15) is 9.59 Å². The van der Waals surface area contributed by atoms with Crippen LogP contribution in [0.25, 0.3) is 0 Å². The Balaban J connectivity index is 1.19. The number of fused-ring (bicyclic) bond motifs is 1. The van der Waals surface area contributed by atoms with Crippen LogP contribution in [0.5, 0.6) is 11.5 Å². The van der Waals surface area contributed by atoms with Crippen LogP contribution in [-0.4, -0.2) is 50.2 Å². The molecular weight excluding hydrogens is 465 g/mol. The molecule has 2 amide bonds. The number of carbonyl (C=O) groups is 2. The summed E-state index contributed by atoms with van der Waals surface area (Å²) in [5.74, 6) is 0.976. The van der Waals surface area contributed by atoms with Crippen LogP contribution >= 0.6 is 23.2 Å². The van der Waals surface area contributed by atoms with E-state index in [-0.39, 0.29) is 30.5 Å². The fraction of sp³-hybridized carbons (Fsp3) is 0.417. The second-order valence-electron chi connectivity index (χ2n) is 8.47. The summed E-state index contributed by atoms with van der Waals surface area (Å²) in [6.45, 7) is 0.412. The molecular formula is C24H27Cl2N3O4. The zero-order valence-corrected chi connectivity index (χ0v) is 19.9. The molecule has 0 saturated heterocycles. The Labute approximate surface area is 203 Å². The lowest BCUT2D eigenvalue weighted by atomic mass is 9.91. The average molecular weight is 492 g/mol. The van der Waals surface area contributed by atoms with Crippen molar-refractivity contribution in [1.82, 2.24) is 10.6 Å². The minimum Gasteiger partial charge on any atom is -0.484 e. The van der Waals surface area contributed by atoms with E-state index in [1.54, 1.807) is 36.4 Å². The Morgan fingerprint density at radius 2 is 1.64 bits per heavy atom. The highest BCUT2D eigenvalue weighted by Crippen LogP contribution is 2.34. The lowest BCUT2D eigenvalue weighted by Crippen LogP contribution is -2.52. The van der Waals surface area contributed by atoms with Crippen molar-refractivity contribution in [3.05, 3.63) is 52.5 Å². The molecule has 2 aromatic rings. The van der Waals surface area contributed by atoms with Crippen LogP contribution in [0.2, 0.25) is 10.0 Å². The van der Waals surface area contributed by atoms with Crippen molar-refractivity contribution in [3.8, 4) is 11.5 Å². The lowest BCUT2D eigenvalue weighted by molar-refractivity contribution is -0.129. The van der Waals surface area contributed by atoms with Gasteiger partial charge in [-0.05, 0) is 68.1 Å². The Hall–Kier alpha value is -2.64. The van der Waals surface area contributed by atoms with Gasteiger partial charge in [-0.3, -0.25) is 9.59 Å². The van der Waals surface area contributed by atoms with Gasteiger partial charge in [0, 0.05) is 29.2 Å². The molecule has 0 unspecified atom stereocenters. The maximum Gasteiger partial charge on any atom is 0.263 e. The highest BCUT2D eigenvalue weighted by Gasteiger charge is 2.31. The number of amides is 2. The van der Waals surface area contributed by atoms with Crippen molar-refractivity contribution < 1.29 is 19.1 Å². The minimum atomic E-state index is -0.578. The molecule has 7 nitrogen and oxygen atoms in total. The first-order chi connectivity index (χ1) is 15.9. The molecule has 4 rings (SSSR count). The van der Waals surface area contributed by atoms with Gasteiger partial charge in [-0.2, -0.15) is 0 Å². The third-order valence-electron chi connectivity index (χ3n) is 5.96. The smallest absolute Gasteiger partial charge is 0.263 e. The average Bonchev–Trinajstić information content (AvgIpc) is 2.80. The quantitative estimate of drug-likeness (QED) is 0.641. The molecule has 0 bridgehead atoms. The molecule has 1 aliphatic heterocycles. The van der Waals surface area contributed by atoms with Crippen molar-refractivity contribution in [2.45, 2.75) is 43.9 Å². The maximum absolute atomic E-state index is 12.8. The van der Waals surface area contributed by atoms with E-state index >= 15 is 0 Å². The Morgan fingerprint density at radius 3 is 2.33 bits per heavy atom. The van der Waals surface area contributed by atoms with Gasteiger partial charge in [0.05, 0.1) is 12.2 Å². The van der Waals surface area contributed by atoms with Crippen molar-refractivity contribution in [2.24, 2.45) is 0 Å². The Kier molecular flexibility index (Phi) is 7.50. The van der Waals surface area contributed by atoms with E-state index in [0.29, 0.717) is 28.1 Å². The first-order valence-electron chi connectivity index (χ1n) is 11.0. The highest BCUT2D eigenvalue weighted by molar-refractivity contribution is 6.31. The van der Waals surface area contributed by atoms with E-state index in [0.717, 1.165) is 31.4 Å². The van der Waals surface area contributed by atoms with E-state index < -0.39 is 6.10 Å². The number of ether oxygens (including phenoxy) is 2. The van der Waals surface area contributed by atoms with E-state index in [1.807, 2.05) is 18.0 Å². The number of anilines is 1. The van der Waals surface area contributed by atoms with Crippen LogP contribution in [0.15, 0.2) is 42.5 Å². The molecule has 2 aliphatic rings. The number of carbonyl (C=O) groups excluding carboxylic acids is 2. The van der Waals surface area contributed by atoms with Crippen molar-refractivity contribution in [2.75, 3.05) is 25.1 Å². The molecule has 1 aliphatic carbocycles. The second kappa shape index (κ2) is 10.5. The first kappa shape index (κ1) is 23.5. The van der Waals surface area contributed by atoms with Crippen LogP contribution < -0.4 is 25.0 Å². The van der Waals surface area contributed by atoms with Crippen molar-refractivity contribution >= 4 is 40.7 Å². The fourth-order valence-electron chi connectivity index (χ4n) is 4.19. The van der Waals surface area contributed by atoms with E-state index in [2.05, 4.69) is 10.6 Å². The van der Waals surface area contributed by atoms with Crippen molar-refractivity contribution in [1.29, 1.82) is 0 Å². The van der Waals surface area contributed by atoms with Gasteiger partial charge in [0.15, 0.2) is 12.7 Å². The van der Waals surface area contributed by atoms with Gasteiger partial charge in [-0.15, -0.1) is 0 Å². The Bertz CT molecular complexity index is 994. The van der Waals surface area contributed by atoms with Crippen LogP contribution in [0.4, 0.5) is 5.69 Å². The number of halogens is 2. The van der Waals surface area contributed by atoms with Gasteiger partial charge in [0.2, 0.25) is 0 Å². The summed E-state index contributed by atoms with van der Waals surface area (Å²) in [6, 6.07) is 12.4. The van der Waals surface area contributed by atoms with E-state index in [4.69, 9.17) is 32.7 Å². The topological polar surface area (TPSA) is 79.9 Å². The summed E-state index contributed by atoms with van der Waals surface area (Å²) in [6.07, 6.45) is 2.60. The molecule has 2 aromatic carbocycles. The summed E-state index contributed by atoms with van der Waals surface area (Å²) >= 11 is 11.9. The van der Waals surface area contributed by atoms with Gasteiger partial charge in [0.25, 0.3) is 11.8 Å². The molecule has 176 valence electrons. The Morgan fingerprint density at radius 1 is 1.00 bits per heavy atom. The van der Waals surface area contributed by atoms with Crippen LogP contribution in [0.3, 0.4) is 0 Å². The predicted molar refractivity (Wildman–Crippen MR) is 128 cm³/mol. The molecule has 0 aromatic heterocycles. The number of nitrogens with one attached hydrogen (secondary N) is 2. The van der Waals surface area contributed by atoms with Crippen LogP contribution in [-0.2, 0) is 9.59 Å². The van der Waals surface area contributed by atoms with Gasteiger partial charge >= 0.3 is 0 Å². The third kappa shape index (κ3) is 6.24. The molecule has 0 radical (unpaired) electrons. The normalized spacial score (nSPS) is 22.0. The van der Waals surface area contributed by atoms with Gasteiger partial charge in [-0.1, -0.05) is 23.2 Å². The second-order valence-corrected chi connectivity index (χ2v) is 9.34. The zero-order valence-electron chi connectivity index (χ0n) is 18.4. The largest absolute Gasteiger partial charge is 0.484 e. The summed E-state index contributed by atoms with van der Waals surface area (Å²) in [4.78, 5) is 27.0. The highest BCUT2D eigenvalue weighted by atomic mass is 35.5. The predicted octanol–water partition coefficient (Wildman–Crippen LogP) is 3.81. The van der Waals surface area contributed by atoms with Crippen molar-refractivity contribution in [3.63, 3.8) is 0 Å². The molecule has 0 spiro atoms. The van der Waals surface area contributed by atoms with Gasteiger partial charge in [-0.25, -0.2) is 0 Å². The fourth-order valence-corrected chi connectivity index (χ4v) is 4.48. The van der Waals surface area contributed by atoms with Crippen LogP contribution in [0, 0.1) is 0 Å². The minimum absolute atomic E-state index is 0.0441. The number of hydrogen-bond acceptors (Lipinski definition) is 5. The number of benzene rings is 2. The standard InChI is InChI=1S/C24H27Cl2N3O4/c1-29-13-22(33-21-11-4-16(26)12-20(21)29)24(31)28-18-7-5-17(6-8-18)27-23(30)14-32-19-9-2-15(25)3-10-19/h2-4,9-12,17-18,22H,5-8,13-14H2,1H3,(H,27,30)(H,28,31)/t17?,18?,22-/m1/s1. The first-order valence-corrected chi connectivity index (χ1v) is 11.8. The van der Waals surface area contributed by atoms with Crippen LogP contribution in [0.1, 0.15) is 25.7 Å². The summed E-state index contributed by atoms with van der Waals surface area (Å²) in [5.41, 5.74) is 0.878. The molecule has 1 saturated carbocycles. The van der Waals surface area contributed by atoms with Gasteiger partial charge < -0.3 is 25.0 Å². The lowest BCUT2D eigenvalue weighted by Gasteiger charge is -2.35. The molecule has 33 heavy (non-hydrogen) atoms. The molecule has 2 N–H and O–H groups in total. The molecule has 9 heteroatoms. The van der Waals surface area contributed by atoms with E-state index in [1.165, 1.54) is 0 Å². The molecule has 1 atom stereocenters. The monoisotopic (exact) mass is 491 g/mol. The molecule has 1 fully saturated rings. The molecule has 1 heterocycles. The third-order valence-corrected chi connectivity index (χ3v) is 6.44. The number of rotatable bonds is 6. The number of likely N-dealkylation sites (N-methyl/N-ethyl adjacent to an activating group) is 1.